The third-order valence-corrected chi connectivity index (χ3v) is 5.57. The highest BCUT2D eigenvalue weighted by Crippen LogP contribution is 2.29. The maximum Gasteiger partial charge on any atom is 0.262 e. The molecule has 0 spiro atoms. The van der Waals surface area contributed by atoms with Crippen LogP contribution in [0.15, 0.2) is 56.6 Å². The molecular weight excluding hydrogens is 372 g/mol. The Kier molecular flexibility index (Phi) is 5.49. The number of H-pyrrole nitrogens is 1. The van der Waals surface area contributed by atoms with Crippen LogP contribution in [0.5, 0.6) is 0 Å². The van der Waals surface area contributed by atoms with Gasteiger partial charge in [-0.25, -0.2) is 4.98 Å². The molecule has 142 valence electrons. The van der Waals surface area contributed by atoms with Gasteiger partial charge in [0, 0.05) is 12.1 Å². The molecule has 0 saturated heterocycles. The number of aromatic nitrogens is 2. The minimum Gasteiger partial charge on any atom is -0.450 e. The van der Waals surface area contributed by atoms with Gasteiger partial charge < -0.3 is 14.7 Å². The predicted octanol–water partition coefficient (Wildman–Crippen LogP) is 4.66. The van der Waals surface area contributed by atoms with Crippen LogP contribution in [-0.2, 0) is 4.79 Å². The first-order chi connectivity index (χ1) is 13.7. The van der Waals surface area contributed by atoms with Crippen LogP contribution in [0.3, 0.4) is 0 Å². The molecule has 0 aliphatic heterocycles. The van der Waals surface area contributed by atoms with Gasteiger partial charge in [-0.2, -0.15) is 5.26 Å². The van der Waals surface area contributed by atoms with Crippen LogP contribution < -0.4 is 5.32 Å². The van der Waals surface area contributed by atoms with Crippen molar-refractivity contribution in [3.05, 3.63) is 47.7 Å². The molecule has 1 aliphatic carbocycles. The van der Waals surface area contributed by atoms with Crippen molar-refractivity contribution in [1.82, 2.24) is 15.3 Å². The van der Waals surface area contributed by atoms with Crippen molar-refractivity contribution in [2.24, 2.45) is 0 Å². The van der Waals surface area contributed by atoms with E-state index in [4.69, 9.17) is 4.42 Å². The quantitative estimate of drug-likeness (QED) is 0.486. The number of furan rings is 1. The van der Waals surface area contributed by atoms with E-state index in [9.17, 15) is 10.1 Å². The van der Waals surface area contributed by atoms with Crippen molar-refractivity contribution in [2.45, 2.75) is 48.4 Å². The van der Waals surface area contributed by atoms with E-state index in [0.717, 1.165) is 41.9 Å². The van der Waals surface area contributed by atoms with Crippen LogP contribution in [0.2, 0.25) is 0 Å². The number of nitrogens with one attached hydrogen (secondary N) is 2. The lowest BCUT2D eigenvalue weighted by Crippen LogP contribution is -2.36. The van der Waals surface area contributed by atoms with Gasteiger partial charge in [-0.1, -0.05) is 31.4 Å². The molecule has 0 atom stereocenters. The van der Waals surface area contributed by atoms with E-state index >= 15 is 0 Å². The van der Waals surface area contributed by atoms with E-state index in [1.165, 1.54) is 24.3 Å². The first-order valence-electron chi connectivity index (χ1n) is 9.36. The van der Waals surface area contributed by atoms with Crippen molar-refractivity contribution in [2.75, 3.05) is 0 Å². The average Bonchev–Trinajstić information content (AvgIpc) is 3.33. The van der Waals surface area contributed by atoms with Gasteiger partial charge in [0.2, 0.25) is 0 Å². The second-order valence-electron chi connectivity index (χ2n) is 6.80. The lowest BCUT2D eigenvalue weighted by atomic mass is 9.95. The second-order valence-corrected chi connectivity index (χ2v) is 7.79. The number of nitriles is 1. The normalized spacial score (nSPS) is 15.5. The third kappa shape index (κ3) is 4.29. The molecule has 1 amide bonds. The molecule has 0 bridgehead atoms. The molecule has 28 heavy (non-hydrogen) atoms. The summed E-state index contributed by atoms with van der Waals surface area (Å²) in [4.78, 5) is 20.1. The number of carbonyl (C=O) groups is 1. The monoisotopic (exact) mass is 392 g/mol. The Morgan fingerprint density at radius 2 is 2.07 bits per heavy atom. The number of aromatic amines is 1. The molecule has 2 aromatic heterocycles. The topological polar surface area (TPSA) is 94.7 Å². The Labute approximate surface area is 167 Å². The third-order valence-electron chi connectivity index (χ3n) is 4.76. The molecule has 4 rings (SSSR count). The van der Waals surface area contributed by atoms with E-state index in [0.29, 0.717) is 10.9 Å². The smallest absolute Gasteiger partial charge is 0.262 e. The number of para-hydroxylation sites is 2. The Morgan fingerprint density at radius 1 is 1.25 bits per heavy atom. The van der Waals surface area contributed by atoms with Crippen molar-refractivity contribution < 1.29 is 9.21 Å². The second kappa shape index (κ2) is 8.36. The molecule has 0 unspecified atom stereocenters. The first-order valence-corrected chi connectivity index (χ1v) is 10.2. The highest BCUT2D eigenvalue weighted by molar-refractivity contribution is 7.99. The molecule has 1 aromatic carbocycles. The summed E-state index contributed by atoms with van der Waals surface area (Å²) >= 11 is 1.36. The number of amides is 1. The fourth-order valence-corrected chi connectivity index (χ4v) is 4.11. The van der Waals surface area contributed by atoms with E-state index in [-0.39, 0.29) is 17.5 Å². The lowest BCUT2D eigenvalue weighted by Gasteiger charge is -2.22. The van der Waals surface area contributed by atoms with Crippen LogP contribution >= 0.6 is 11.8 Å². The Hall–Kier alpha value is -2.98. The van der Waals surface area contributed by atoms with Crippen LogP contribution in [0, 0.1) is 11.3 Å². The molecule has 1 saturated carbocycles. The largest absolute Gasteiger partial charge is 0.450 e. The van der Waals surface area contributed by atoms with E-state index < -0.39 is 0 Å². The van der Waals surface area contributed by atoms with Gasteiger partial charge in [0.05, 0.1) is 11.0 Å². The van der Waals surface area contributed by atoms with E-state index in [1.807, 2.05) is 30.3 Å². The maximum absolute atomic E-state index is 12.4. The SMILES string of the molecule is N#C/C(=C/c1ccc(Sc2nc3ccccc3[nH]2)o1)C(=O)NC1CCCCC1. The van der Waals surface area contributed by atoms with Gasteiger partial charge in [0.1, 0.15) is 17.4 Å². The van der Waals surface area contributed by atoms with Crippen molar-refractivity contribution in [3.63, 3.8) is 0 Å². The number of fused-ring (bicyclic) bond motifs is 1. The molecule has 2 heterocycles. The van der Waals surface area contributed by atoms with Gasteiger partial charge in [-0.15, -0.1) is 0 Å². The summed E-state index contributed by atoms with van der Waals surface area (Å²) in [5.74, 6) is 0.131. The van der Waals surface area contributed by atoms with E-state index in [1.54, 1.807) is 12.1 Å². The Balaban J connectivity index is 1.44. The summed E-state index contributed by atoms with van der Waals surface area (Å²) in [5, 5.41) is 13.7. The molecule has 7 heteroatoms. The molecule has 3 aromatic rings. The maximum atomic E-state index is 12.4. The van der Waals surface area contributed by atoms with Gasteiger partial charge in [-0.05, 0) is 48.9 Å². The summed E-state index contributed by atoms with van der Waals surface area (Å²) < 4.78 is 5.75. The van der Waals surface area contributed by atoms with Crippen LogP contribution in [0.1, 0.15) is 37.9 Å². The molecule has 1 fully saturated rings. The van der Waals surface area contributed by atoms with Gasteiger partial charge >= 0.3 is 0 Å². The standard InChI is InChI=1S/C21H20N4O2S/c22-13-14(20(26)23-15-6-2-1-3-7-15)12-16-10-11-19(27-16)28-21-24-17-8-4-5-9-18(17)25-21/h4-5,8-12,15H,1-3,6-7H2,(H,23,26)(H,24,25)/b14-12-. The molecule has 0 radical (unpaired) electrons. The zero-order chi connectivity index (χ0) is 19.3. The minimum absolute atomic E-state index is 0.0558. The summed E-state index contributed by atoms with van der Waals surface area (Å²) in [7, 11) is 0. The number of carbonyl (C=O) groups excluding carboxylic acids is 1. The zero-order valence-electron chi connectivity index (χ0n) is 15.3. The number of hydrogen-bond acceptors (Lipinski definition) is 5. The number of benzene rings is 1. The van der Waals surface area contributed by atoms with Gasteiger partial charge in [-0.3, -0.25) is 4.79 Å². The van der Waals surface area contributed by atoms with Crippen LogP contribution in [-0.4, -0.2) is 21.9 Å². The molecule has 2 N–H and O–H groups in total. The Bertz CT molecular complexity index is 1020. The number of rotatable bonds is 5. The van der Waals surface area contributed by atoms with Crippen LogP contribution in [0.25, 0.3) is 17.1 Å². The van der Waals surface area contributed by atoms with Crippen molar-refractivity contribution >= 4 is 34.8 Å². The highest BCUT2D eigenvalue weighted by atomic mass is 32.2. The summed E-state index contributed by atoms with van der Waals surface area (Å²) in [6.45, 7) is 0. The fourth-order valence-electron chi connectivity index (χ4n) is 3.34. The van der Waals surface area contributed by atoms with E-state index in [2.05, 4.69) is 15.3 Å². The lowest BCUT2D eigenvalue weighted by molar-refractivity contribution is -0.117. The fraction of sp³-hybridized carbons (Fsp3) is 0.286. The number of hydrogen-bond donors (Lipinski definition) is 2. The van der Waals surface area contributed by atoms with Crippen molar-refractivity contribution in [1.29, 1.82) is 5.26 Å². The Morgan fingerprint density at radius 3 is 2.86 bits per heavy atom. The predicted molar refractivity (Wildman–Crippen MR) is 108 cm³/mol. The van der Waals surface area contributed by atoms with Gasteiger partial charge in [0.15, 0.2) is 10.2 Å². The minimum atomic E-state index is -0.336. The summed E-state index contributed by atoms with van der Waals surface area (Å²) in [5.41, 5.74) is 1.91. The van der Waals surface area contributed by atoms with Crippen molar-refractivity contribution in [3.8, 4) is 6.07 Å². The first kappa shape index (κ1) is 18.4. The highest BCUT2D eigenvalue weighted by Gasteiger charge is 2.18. The number of imidazole rings is 1. The summed E-state index contributed by atoms with van der Waals surface area (Å²) in [6, 6.07) is 13.5. The molecule has 6 nitrogen and oxygen atoms in total. The van der Waals surface area contributed by atoms with Gasteiger partial charge in [0.25, 0.3) is 5.91 Å². The average molecular weight is 392 g/mol. The van der Waals surface area contributed by atoms with Crippen LogP contribution in [0.4, 0.5) is 0 Å². The zero-order valence-corrected chi connectivity index (χ0v) is 16.1. The summed E-state index contributed by atoms with van der Waals surface area (Å²) in [6.07, 6.45) is 6.90. The molecular formula is C21H20N4O2S. The number of nitrogens with zero attached hydrogens (tertiary/aromatic N) is 2. The molecule has 1 aliphatic rings.